The van der Waals surface area contributed by atoms with E-state index in [9.17, 15) is 4.79 Å². The Hall–Kier alpha value is -2.75. The van der Waals surface area contributed by atoms with Gasteiger partial charge in [-0.2, -0.15) is 0 Å². The second kappa shape index (κ2) is 6.35. The van der Waals surface area contributed by atoms with Crippen LogP contribution in [0.3, 0.4) is 0 Å². The maximum absolute atomic E-state index is 12.1. The molecule has 1 amide bonds. The molecular formula is C18H18N2O2. The van der Waals surface area contributed by atoms with Crippen molar-refractivity contribution in [1.82, 2.24) is 10.3 Å². The average Bonchev–Trinajstić information content (AvgIpc) is 2.97. The van der Waals surface area contributed by atoms with Gasteiger partial charge in [0.05, 0.1) is 6.54 Å². The molecule has 0 aliphatic heterocycles. The molecule has 0 spiro atoms. The van der Waals surface area contributed by atoms with Gasteiger partial charge < -0.3 is 15.0 Å². The highest BCUT2D eigenvalue weighted by Crippen LogP contribution is 2.14. The topological polar surface area (TPSA) is 54.1 Å². The molecule has 0 saturated heterocycles. The Morgan fingerprint density at radius 2 is 1.91 bits per heavy atom. The van der Waals surface area contributed by atoms with Crippen LogP contribution in [0.4, 0.5) is 0 Å². The Morgan fingerprint density at radius 3 is 2.68 bits per heavy atom. The van der Waals surface area contributed by atoms with Crippen LogP contribution in [0.5, 0.6) is 5.75 Å². The van der Waals surface area contributed by atoms with Gasteiger partial charge in [-0.25, -0.2) is 0 Å². The van der Waals surface area contributed by atoms with Crippen molar-refractivity contribution < 1.29 is 9.53 Å². The highest BCUT2D eigenvalue weighted by atomic mass is 16.5. The highest BCUT2D eigenvalue weighted by molar-refractivity contribution is 5.97. The third-order valence-electron chi connectivity index (χ3n) is 3.45. The first-order chi connectivity index (χ1) is 10.7. The van der Waals surface area contributed by atoms with E-state index in [0.29, 0.717) is 18.8 Å². The van der Waals surface area contributed by atoms with Crippen molar-refractivity contribution in [2.24, 2.45) is 0 Å². The zero-order valence-corrected chi connectivity index (χ0v) is 12.4. The van der Waals surface area contributed by atoms with Crippen molar-refractivity contribution >= 4 is 16.8 Å². The molecule has 112 valence electrons. The van der Waals surface area contributed by atoms with Crippen molar-refractivity contribution in [2.75, 3.05) is 13.2 Å². The van der Waals surface area contributed by atoms with Crippen molar-refractivity contribution in [3.63, 3.8) is 0 Å². The van der Waals surface area contributed by atoms with Crippen molar-refractivity contribution in [3.8, 4) is 5.75 Å². The lowest BCUT2D eigenvalue weighted by molar-refractivity contribution is 0.0943. The lowest BCUT2D eigenvalue weighted by Gasteiger charge is -2.07. The molecule has 3 rings (SSSR count). The third-order valence-corrected chi connectivity index (χ3v) is 3.45. The molecule has 2 N–H and O–H groups in total. The molecule has 1 aromatic heterocycles. The van der Waals surface area contributed by atoms with Gasteiger partial charge in [0.15, 0.2) is 0 Å². The summed E-state index contributed by atoms with van der Waals surface area (Å²) >= 11 is 0. The van der Waals surface area contributed by atoms with E-state index in [1.807, 2.05) is 61.5 Å². The normalized spacial score (nSPS) is 10.6. The van der Waals surface area contributed by atoms with E-state index in [1.165, 1.54) is 5.56 Å². The molecule has 4 heteroatoms. The second-order valence-corrected chi connectivity index (χ2v) is 5.19. The van der Waals surface area contributed by atoms with Gasteiger partial charge >= 0.3 is 0 Å². The smallest absolute Gasteiger partial charge is 0.267 e. The number of fused-ring (bicyclic) bond motifs is 1. The second-order valence-electron chi connectivity index (χ2n) is 5.19. The lowest BCUT2D eigenvalue weighted by atomic mass is 10.2. The summed E-state index contributed by atoms with van der Waals surface area (Å²) in [5, 5.41) is 3.88. The quantitative estimate of drug-likeness (QED) is 0.709. The van der Waals surface area contributed by atoms with Crippen LogP contribution in [-0.4, -0.2) is 24.0 Å². The summed E-state index contributed by atoms with van der Waals surface area (Å²) in [7, 11) is 0. The van der Waals surface area contributed by atoms with Crippen molar-refractivity contribution in [1.29, 1.82) is 0 Å². The molecule has 0 radical (unpaired) electrons. The summed E-state index contributed by atoms with van der Waals surface area (Å²) in [5.74, 6) is 0.689. The summed E-state index contributed by atoms with van der Waals surface area (Å²) in [5.41, 5.74) is 2.72. The van der Waals surface area contributed by atoms with Gasteiger partial charge in [-0.1, -0.05) is 35.9 Å². The van der Waals surface area contributed by atoms with E-state index in [0.717, 1.165) is 16.7 Å². The summed E-state index contributed by atoms with van der Waals surface area (Å²) in [6.07, 6.45) is 0. The fourth-order valence-electron chi connectivity index (χ4n) is 2.26. The SMILES string of the molecule is Cc1ccc(OCCNC(=O)c2cc3ccccc3[nH]2)cc1. The Balaban J connectivity index is 1.50. The molecule has 4 nitrogen and oxygen atoms in total. The number of hydrogen-bond donors (Lipinski definition) is 2. The van der Waals surface area contributed by atoms with Gasteiger partial charge in [0.2, 0.25) is 0 Å². The molecule has 3 aromatic rings. The minimum atomic E-state index is -0.122. The summed E-state index contributed by atoms with van der Waals surface area (Å²) in [4.78, 5) is 15.2. The molecule has 0 bridgehead atoms. The predicted molar refractivity (Wildman–Crippen MR) is 87.3 cm³/mol. The van der Waals surface area contributed by atoms with Gasteiger partial charge in [0.1, 0.15) is 18.1 Å². The molecule has 0 aliphatic rings. The molecule has 0 unspecified atom stereocenters. The third kappa shape index (κ3) is 3.28. The van der Waals surface area contributed by atoms with Gasteiger partial charge in [-0.15, -0.1) is 0 Å². The zero-order chi connectivity index (χ0) is 15.4. The lowest BCUT2D eigenvalue weighted by Crippen LogP contribution is -2.28. The highest BCUT2D eigenvalue weighted by Gasteiger charge is 2.08. The first-order valence-corrected chi connectivity index (χ1v) is 7.28. The standard InChI is InChI=1S/C18H18N2O2/c1-13-6-8-15(9-7-13)22-11-10-19-18(21)17-12-14-4-2-3-5-16(14)20-17/h2-9,12,20H,10-11H2,1H3,(H,19,21). The largest absolute Gasteiger partial charge is 0.492 e. The van der Waals surface area contributed by atoms with Crippen LogP contribution in [-0.2, 0) is 0 Å². The van der Waals surface area contributed by atoms with Gasteiger partial charge in [0, 0.05) is 10.9 Å². The first-order valence-electron chi connectivity index (χ1n) is 7.28. The molecule has 0 saturated carbocycles. The number of carbonyl (C=O) groups excluding carboxylic acids is 1. The zero-order valence-electron chi connectivity index (χ0n) is 12.4. The number of aromatic amines is 1. The number of nitrogens with one attached hydrogen (secondary N) is 2. The van der Waals surface area contributed by atoms with Crippen LogP contribution >= 0.6 is 0 Å². The molecule has 2 aromatic carbocycles. The van der Waals surface area contributed by atoms with Gasteiger partial charge in [0.25, 0.3) is 5.91 Å². The van der Waals surface area contributed by atoms with E-state index >= 15 is 0 Å². The Bertz CT molecular complexity index is 742. The fourth-order valence-corrected chi connectivity index (χ4v) is 2.26. The number of rotatable bonds is 5. The van der Waals surface area contributed by atoms with Crippen LogP contribution in [0.25, 0.3) is 10.9 Å². The van der Waals surface area contributed by atoms with E-state index in [4.69, 9.17) is 4.74 Å². The number of aryl methyl sites for hydroxylation is 1. The predicted octanol–water partition coefficient (Wildman–Crippen LogP) is 3.29. The van der Waals surface area contributed by atoms with Crippen molar-refractivity contribution in [2.45, 2.75) is 6.92 Å². The number of H-pyrrole nitrogens is 1. The number of hydrogen-bond acceptors (Lipinski definition) is 2. The molecular weight excluding hydrogens is 276 g/mol. The number of ether oxygens (including phenoxy) is 1. The van der Waals surface area contributed by atoms with Crippen LogP contribution in [0.1, 0.15) is 16.1 Å². The number of amides is 1. The molecule has 0 fully saturated rings. The van der Waals surface area contributed by atoms with E-state index in [1.54, 1.807) is 0 Å². The summed E-state index contributed by atoms with van der Waals surface area (Å²) in [6.45, 7) is 2.93. The van der Waals surface area contributed by atoms with E-state index < -0.39 is 0 Å². The Labute approximate surface area is 129 Å². The first kappa shape index (κ1) is 14.2. The van der Waals surface area contributed by atoms with Gasteiger partial charge in [-0.05, 0) is 31.2 Å². The molecule has 0 atom stereocenters. The average molecular weight is 294 g/mol. The maximum atomic E-state index is 12.1. The number of carbonyl (C=O) groups is 1. The van der Waals surface area contributed by atoms with Crippen LogP contribution < -0.4 is 10.1 Å². The number of aromatic nitrogens is 1. The minimum absolute atomic E-state index is 0.122. The number of para-hydroxylation sites is 1. The van der Waals surface area contributed by atoms with Gasteiger partial charge in [-0.3, -0.25) is 4.79 Å². The summed E-state index contributed by atoms with van der Waals surface area (Å²) in [6, 6.07) is 17.5. The minimum Gasteiger partial charge on any atom is -0.492 e. The monoisotopic (exact) mass is 294 g/mol. The number of benzene rings is 2. The molecule has 1 heterocycles. The molecule has 0 aliphatic carbocycles. The molecule has 22 heavy (non-hydrogen) atoms. The van der Waals surface area contributed by atoms with Crippen LogP contribution in [0.15, 0.2) is 54.6 Å². The van der Waals surface area contributed by atoms with Crippen LogP contribution in [0, 0.1) is 6.92 Å². The summed E-state index contributed by atoms with van der Waals surface area (Å²) < 4.78 is 5.58. The van der Waals surface area contributed by atoms with E-state index in [2.05, 4.69) is 10.3 Å². The van der Waals surface area contributed by atoms with Crippen molar-refractivity contribution in [3.05, 3.63) is 65.9 Å². The fraction of sp³-hybridized carbons (Fsp3) is 0.167. The Morgan fingerprint density at radius 1 is 1.14 bits per heavy atom. The van der Waals surface area contributed by atoms with Crippen LogP contribution in [0.2, 0.25) is 0 Å². The Kier molecular flexibility index (Phi) is 4.10. The van der Waals surface area contributed by atoms with E-state index in [-0.39, 0.29) is 5.91 Å². The maximum Gasteiger partial charge on any atom is 0.267 e.